The zero-order valence-electron chi connectivity index (χ0n) is 21.7. The van der Waals surface area contributed by atoms with E-state index in [1.165, 1.54) is 0 Å². The fraction of sp³-hybridized carbons (Fsp3) is 0.519. The average molecular weight is 492 g/mol. The predicted octanol–water partition coefficient (Wildman–Crippen LogP) is 4.31. The van der Waals surface area contributed by atoms with Crippen LogP contribution in [0.4, 0.5) is 10.2 Å². The summed E-state index contributed by atoms with van der Waals surface area (Å²) in [6, 6.07) is 0. The van der Waals surface area contributed by atoms with E-state index >= 15 is 4.39 Å². The molecule has 0 amide bonds. The number of hydrogen-bond donors (Lipinski definition) is 1. The first kappa shape index (κ1) is 23.4. The van der Waals surface area contributed by atoms with Gasteiger partial charge in [0.2, 0.25) is 0 Å². The number of anilines is 1. The number of piperazine rings is 1. The number of nitrogens with one attached hydrogen (secondary N) is 1. The van der Waals surface area contributed by atoms with Crippen LogP contribution in [0.15, 0.2) is 18.7 Å². The molecule has 1 N–H and O–H groups in total. The largest absolute Gasteiger partial charge is 0.380 e. The molecular weight excluding hydrogens is 457 g/mol. The van der Waals surface area contributed by atoms with Gasteiger partial charge >= 0.3 is 0 Å². The summed E-state index contributed by atoms with van der Waals surface area (Å²) >= 11 is 0. The second-order valence-electron chi connectivity index (χ2n) is 11.1. The van der Waals surface area contributed by atoms with Crippen molar-refractivity contribution in [3.05, 3.63) is 41.2 Å². The van der Waals surface area contributed by atoms with Crippen molar-refractivity contribution in [2.75, 3.05) is 50.8 Å². The Morgan fingerprint density at radius 1 is 1.11 bits per heavy atom. The number of ether oxygens (including phenoxy) is 1. The maximum atomic E-state index is 16.2. The van der Waals surface area contributed by atoms with Crippen molar-refractivity contribution in [2.24, 2.45) is 5.41 Å². The first-order valence-corrected chi connectivity index (χ1v) is 12.8. The molecule has 0 radical (unpaired) electrons. The van der Waals surface area contributed by atoms with Gasteiger partial charge in [-0.05, 0) is 36.5 Å². The summed E-state index contributed by atoms with van der Waals surface area (Å²) in [4.78, 5) is 17.0. The summed E-state index contributed by atoms with van der Waals surface area (Å²) in [5.41, 5.74) is 6.91. The van der Waals surface area contributed by atoms with Gasteiger partial charge in [0.25, 0.3) is 0 Å². The lowest BCUT2D eigenvalue weighted by atomic mass is 9.88. The van der Waals surface area contributed by atoms with Crippen molar-refractivity contribution in [2.45, 2.75) is 40.5 Å². The quantitative estimate of drug-likeness (QED) is 0.449. The molecule has 4 aromatic heterocycles. The summed E-state index contributed by atoms with van der Waals surface area (Å²) in [6.45, 7) is 16.7. The summed E-state index contributed by atoms with van der Waals surface area (Å²) < 4.78 is 23.4. The van der Waals surface area contributed by atoms with E-state index in [0.717, 1.165) is 85.0 Å². The molecule has 2 aliphatic heterocycles. The van der Waals surface area contributed by atoms with Crippen molar-refractivity contribution in [3.63, 3.8) is 0 Å². The molecule has 6 rings (SSSR count). The Balaban J connectivity index is 1.37. The van der Waals surface area contributed by atoms with Crippen molar-refractivity contribution < 1.29 is 9.13 Å². The van der Waals surface area contributed by atoms with Gasteiger partial charge in [0, 0.05) is 55.3 Å². The SMILES string of the molecule is Cc1c(-c2[nH]c3cnc(N4CCN(CC5(C)COC5)CC4)c(F)c3c2C(C)C)cn2ncnc2c1C. The molecular formula is C27H34FN7O. The second-order valence-corrected chi connectivity index (χ2v) is 11.1. The van der Waals surface area contributed by atoms with Gasteiger partial charge in [-0.25, -0.2) is 18.9 Å². The van der Waals surface area contributed by atoms with Crippen LogP contribution in [0.25, 0.3) is 27.8 Å². The Labute approximate surface area is 210 Å². The number of pyridine rings is 2. The first-order chi connectivity index (χ1) is 17.3. The summed E-state index contributed by atoms with van der Waals surface area (Å²) in [5, 5.41) is 4.99. The zero-order chi connectivity index (χ0) is 25.2. The molecule has 0 unspecified atom stereocenters. The highest BCUT2D eigenvalue weighted by molar-refractivity contribution is 5.94. The van der Waals surface area contributed by atoms with Crippen LogP contribution in [-0.4, -0.2) is 75.4 Å². The van der Waals surface area contributed by atoms with Crippen molar-refractivity contribution in [3.8, 4) is 11.3 Å². The van der Waals surface area contributed by atoms with Gasteiger partial charge in [0.05, 0.1) is 30.6 Å². The fourth-order valence-electron chi connectivity index (χ4n) is 5.83. The minimum Gasteiger partial charge on any atom is -0.380 e. The first-order valence-electron chi connectivity index (χ1n) is 12.8. The van der Waals surface area contributed by atoms with E-state index < -0.39 is 0 Å². The van der Waals surface area contributed by atoms with E-state index in [-0.39, 0.29) is 17.2 Å². The standard InChI is InChI=1S/C27H34FN7O/c1-16(2)21-22-20(32-24(21)19-11-35-25(30-15-31-35)18(4)17(19)3)10-29-26(23(22)28)34-8-6-33(7-9-34)12-27(5)13-36-14-27/h10-11,15-16,32H,6-9,12-14H2,1-5H3. The second kappa shape index (κ2) is 8.52. The lowest BCUT2D eigenvalue weighted by Gasteiger charge is -2.44. The van der Waals surface area contributed by atoms with Gasteiger partial charge in [-0.15, -0.1) is 0 Å². The molecule has 0 bridgehead atoms. The van der Waals surface area contributed by atoms with E-state index in [2.05, 4.69) is 64.5 Å². The fourth-order valence-corrected chi connectivity index (χ4v) is 5.83. The minimum atomic E-state index is -0.234. The summed E-state index contributed by atoms with van der Waals surface area (Å²) in [6.07, 6.45) is 5.34. The Morgan fingerprint density at radius 2 is 1.86 bits per heavy atom. The number of aromatic amines is 1. The van der Waals surface area contributed by atoms with Crippen LogP contribution >= 0.6 is 0 Å². The van der Waals surface area contributed by atoms with E-state index in [4.69, 9.17) is 4.74 Å². The molecule has 2 aliphatic rings. The number of aryl methyl sites for hydroxylation is 1. The molecule has 0 spiro atoms. The van der Waals surface area contributed by atoms with E-state index in [9.17, 15) is 0 Å². The molecule has 36 heavy (non-hydrogen) atoms. The lowest BCUT2D eigenvalue weighted by molar-refractivity contribution is -0.115. The third kappa shape index (κ3) is 3.67. The molecule has 2 saturated heterocycles. The minimum absolute atomic E-state index is 0.118. The Morgan fingerprint density at radius 3 is 2.53 bits per heavy atom. The van der Waals surface area contributed by atoms with Crippen LogP contribution in [0.3, 0.4) is 0 Å². The molecule has 4 aromatic rings. The third-order valence-electron chi connectivity index (χ3n) is 7.95. The molecule has 0 aliphatic carbocycles. The number of rotatable bonds is 5. The van der Waals surface area contributed by atoms with Crippen LogP contribution in [0.2, 0.25) is 0 Å². The topological polar surface area (TPSA) is 74.6 Å². The Hall–Kier alpha value is -3.04. The number of H-pyrrole nitrogens is 1. The Kier molecular flexibility index (Phi) is 5.53. The molecule has 0 atom stereocenters. The van der Waals surface area contributed by atoms with Gasteiger partial charge in [-0.2, -0.15) is 5.10 Å². The Bertz CT molecular complexity index is 1440. The van der Waals surface area contributed by atoms with Crippen molar-refractivity contribution in [1.29, 1.82) is 0 Å². The lowest BCUT2D eigenvalue weighted by Crippen LogP contribution is -2.54. The van der Waals surface area contributed by atoms with Gasteiger partial charge in [0.15, 0.2) is 17.3 Å². The monoisotopic (exact) mass is 491 g/mol. The van der Waals surface area contributed by atoms with Crippen LogP contribution in [0.1, 0.15) is 43.4 Å². The highest BCUT2D eigenvalue weighted by Crippen LogP contribution is 2.40. The molecule has 190 valence electrons. The highest BCUT2D eigenvalue weighted by atomic mass is 19.1. The maximum absolute atomic E-state index is 16.2. The van der Waals surface area contributed by atoms with E-state index in [1.807, 2.05) is 6.20 Å². The number of halogens is 1. The number of aromatic nitrogens is 5. The van der Waals surface area contributed by atoms with Crippen LogP contribution in [-0.2, 0) is 4.74 Å². The van der Waals surface area contributed by atoms with Gasteiger partial charge in [-0.1, -0.05) is 20.8 Å². The normalized spacial score (nSPS) is 18.5. The van der Waals surface area contributed by atoms with Crippen LogP contribution < -0.4 is 4.90 Å². The third-order valence-corrected chi connectivity index (χ3v) is 7.95. The van der Waals surface area contributed by atoms with Crippen molar-refractivity contribution >= 4 is 22.4 Å². The average Bonchev–Trinajstić information content (AvgIpc) is 3.46. The smallest absolute Gasteiger partial charge is 0.175 e. The molecule has 2 fully saturated rings. The van der Waals surface area contributed by atoms with Crippen LogP contribution in [0, 0.1) is 25.1 Å². The van der Waals surface area contributed by atoms with Gasteiger partial charge in [0.1, 0.15) is 6.33 Å². The number of fused-ring (bicyclic) bond motifs is 2. The predicted molar refractivity (Wildman–Crippen MR) is 139 cm³/mol. The molecule has 0 saturated carbocycles. The van der Waals surface area contributed by atoms with Crippen molar-refractivity contribution in [1.82, 2.24) is 29.5 Å². The molecule has 8 nitrogen and oxygen atoms in total. The van der Waals surface area contributed by atoms with Gasteiger partial charge in [-0.3, -0.25) is 4.90 Å². The molecule has 6 heterocycles. The summed E-state index contributed by atoms with van der Waals surface area (Å²) in [7, 11) is 0. The molecule has 0 aromatic carbocycles. The van der Waals surface area contributed by atoms with E-state index in [1.54, 1.807) is 17.0 Å². The maximum Gasteiger partial charge on any atom is 0.175 e. The van der Waals surface area contributed by atoms with Crippen LogP contribution in [0.5, 0.6) is 0 Å². The number of hydrogen-bond acceptors (Lipinski definition) is 6. The van der Waals surface area contributed by atoms with E-state index in [0.29, 0.717) is 11.2 Å². The molecule has 9 heteroatoms. The summed E-state index contributed by atoms with van der Waals surface area (Å²) in [5.74, 6) is 0.335. The zero-order valence-corrected chi connectivity index (χ0v) is 21.7. The highest BCUT2D eigenvalue weighted by Gasteiger charge is 2.36. The van der Waals surface area contributed by atoms with Gasteiger partial charge < -0.3 is 14.6 Å². The number of nitrogens with zero attached hydrogens (tertiary/aromatic N) is 6.